The number of nitrogens with zero attached hydrogens (tertiary/aromatic N) is 1. The zero-order valence-corrected chi connectivity index (χ0v) is 11.7. The van der Waals surface area contributed by atoms with E-state index in [1.165, 1.54) is 17.0 Å². The van der Waals surface area contributed by atoms with Crippen LogP contribution >= 0.6 is 0 Å². The molecular weight excluding hydrogens is 264 g/mol. The van der Waals surface area contributed by atoms with Crippen molar-refractivity contribution >= 4 is 5.91 Å². The third-order valence-corrected chi connectivity index (χ3v) is 3.12. The monoisotopic (exact) mass is 285 g/mol. The average molecular weight is 285 g/mol. The van der Waals surface area contributed by atoms with Gasteiger partial charge in [0, 0.05) is 13.1 Å². The molecular formula is C15H21F2NO2. The molecule has 1 N–H and O–H groups in total. The van der Waals surface area contributed by atoms with Crippen molar-refractivity contribution in [3.8, 4) is 0 Å². The minimum Gasteiger partial charge on any atom is -0.395 e. The summed E-state index contributed by atoms with van der Waals surface area (Å²) in [5, 5.41) is 9.00. The summed E-state index contributed by atoms with van der Waals surface area (Å²) in [6.45, 7) is 2.45. The van der Waals surface area contributed by atoms with E-state index < -0.39 is 17.5 Å². The topological polar surface area (TPSA) is 40.5 Å². The van der Waals surface area contributed by atoms with Crippen LogP contribution in [-0.4, -0.2) is 35.6 Å². The molecule has 0 heterocycles. The number of rotatable bonds is 8. The number of carbonyl (C=O) groups excluding carboxylic acids is 1. The van der Waals surface area contributed by atoms with Gasteiger partial charge in [-0.15, -0.1) is 0 Å². The van der Waals surface area contributed by atoms with Gasteiger partial charge in [-0.25, -0.2) is 8.78 Å². The molecule has 1 amide bonds. The SMILES string of the molecule is CCCCCCN(CCO)C(=O)c1cccc(F)c1F. The fraction of sp³-hybridized carbons (Fsp3) is 0.533. The molecule has 1 aromatic rings. The summed E-state index contributed by atoms with van der Waals surface area (Å²) in [6.07, 6.45) is 3.90. The Balaban J connectivity index is 2.74. The standard InChI is InChI=1S/C15H21F2NO2/c1-2-3-4-5-9-18(10-11-19)15(20)12-7-6-8-13(16)14(12)17/h6-8,19H,2-5,9-11H2,1H3. The highest BCUT2D eigenvalue weighted by atomic mass is 19.2. The third-order valence-electron chi connectivity index (χ3n) is 3.12. The molecule has 0 fully saturated rings. The van der Waals surface area contributed by atoms with Crippen LogP contribution in [0, 0.1) is 11.6 Å². The van der Waals surface area contributed by atoms with Crippen molar-refractivity contribution in [3.05, 3.63) is 35.4 Å². The van der Waals surface area contributed by atoms with E-state index in [1.807, 2.05) is 0 Å². The zero-order chi connectivity index (χ0) is 15.0. The third kappa shape index (κ3) is 4.56. The molecule has 112 valence electrons. The number of benzene rings is 1. The lowest BCUT2D eigenvalue weighted by Crippen LogP contribution is -2.35. The maximum Gasteiger partial charge on any atom is 0.257 e. The number of hydrogen-bond acceptors (Lipinski definition) is 2. The summed E-state index contributed by atoms with van der Waals surface area (Å²) in [6, 6.07) is 3.54. The molecule has 0 unspecified atom stereocenters. The van der Waals surface area contributed by atoms with E-state index in [4.69, 9.17) is 5.11 Å². The second kappa shape index (κ2) is 8.64. The molecule has 0 spiro atoms. The molecule has 0 aromatic heterocycles. The van der Waals surface area contributed by atoms with Crippen LogP contribution in [0.4, 0.5) is 8.78 Å². The maximum absolute atomic E-state index is 13.6. The van der Waals surface area contributed by atoms with Gasteiger partial charge in [-0.3, -0.25) is 4.79 Å². The lowest BCUT2D eigenvalue weighted by Gasteiger charge is -2.22. The molecule has 3 nitrogen and oxygen atoms in total. The van der Waals surface area contributed by atoms with Gasteiger partial charge in [-0.05, 0) is 18.6 Å². The number of unbranched alkanes of at least 4 members (excludes halogenated alkanes) is 3. The quantitative estimate of drug-likeness (QED) is 0.746. The Morgan fingerprint density at radius 3 is 2.60 bits per heavy atom. The van der Waals surface area contributed by atoms with Crippen molar-refractivity contribution in [1.82, 2.24) is 4.90 Å². The first-order valence-corrected chi connectivity index (χ1v) is 6.96. The molecule has 0 aliphatic rings. The molecule has 0 saturated carbocycles. The minimum absolute atomic E-state index is 0.126. The summed E-state index contributed by atoms with van der Waals surface area (Å²) in [5.41, 5.74) is -0.283. The lowest BCUT2D eigenvalue weighted by molar-refractivity contribution is 0.0712. The number of carbonyl (C=O) groups is 1. The number of halogens is 2. The van der Waals surface area contributed by atoms with E-state index in [-0.39, 0.29) is 18.7 Å². The van der Waals surface area contributed by atoms with Crippen molar-refractivity contribution in [2.45, 2.75) is 32.6 Å². The van der Waals surface area contributed by atoms with Crippen molar-refractivity contribution in [3.63, 3.8) is 0 Å². The van der Waals surface area contributed by atoms with E-state index in [0.717, 1.165) is 31.7 Å². The minimum atomic E-state index is -1.13. The van der Waals surface area contributed by atoms with Crippen LogP contribution in [0.2, 0.25) is 0 Å². The van der Waals surface area contributed by atoms with E-state index in [0.29, 0.717) is 6.54 Å². The number of aliphatic hydroxyl groups excluding tert-OH is 1. The molecule has 0 radical (unpaired) electrons. The lowest BCUT2D eigenvalue weighted by atomic mass is 10.1. The van der Waals surface area contributed by atoms with Gasteiger partial charge in [0.15, 0.2) is 11.6 Å². The maximum atomic E-state index is 13.6. The highest BCUT2D eigenvalue weighted by Gasteiger charge is 2.20. The summed E-state index contributed by atoms with van der Waals surface area (Å²) in [5.74, 6) is -2.74. The van der Waals surface area contributed by atoms with Crippen LogP contribution in [0.15, 0.2) is 18.2 Å². The van der Waals surface area contributed by atoms with E-state index in [9.17, 15) is 13.6 Å². The normalized spacial score (nSPS) is 10.6. The fourth-order valence-electron chi connectivity index (χ4n) is 2.00. The smallest absolute Gasteiger partial charge is 0.257 e. The first-order chi connectivity index (χ1) is 9.61. The Bertz CT molecular complexity index is 438. The van der Waals surface area contributed by atoms with Gasteiger partial charge in [-0.1, -0.05) is 32.3 Å². The first kappa shape index (κ1) is 16.6. The van der Waals surface area contributed by atoms with Crippen LogP contribution in [0.25, 0.3) is 0 Å². The summed E-state index contributed by atoms with van der Waals surface area (Å²) in [4.78, 5) is 13.5. The van der Waals surface area contributed by atoms with Crippen molar-refractivity contribution in [1.29, 1.82) is 0 Å². The number of amides is 1. The van der Waals surface area contributed by atoms with Gasteiger partial charge in [-0.2, -0.15) is 0 Å². The van der Waals surface area contributed by atoms with Crippen LogP contribution in [0.3, 0.4) is 0 Å². The first-order valence-electron chi connectivity index (χ1n) is 6.96. The van der Waals surface area contributed by atoms with E-state index >= 15 is 0 Å². The van der Waals surface area contributed by atoms with Crippen molar-refractivity contribution < 1.29 is 18.7 Å². The van der Waals surface area contributed by atoms with Crippen molar-refractivity contribution in [2.24, 2.45) is 0 Å². The van der Waals surface area contributed by atoms with Gasteiger partial charge >= 0.3 is 0 Å². The molecule has 0 aliphatic heterocycles. The second-order valence-corrected chi connectivity index (χ2v) is 4.68. The zero-order valence-electron chi connectivity index (χ0n) is 11.7. The molecule has 5 heteroatoms. The van der Waals surface area contributed by atoms with Crippen LogP contribution in [-0.2, 0) is 0 Å². The Labute approximate surface area is 118 Å². The molecule has 0 saturated heterocycles. The molecule has 0 bridgehead atoms. The van der Waals surface area contributed by atoms with Gasteiger partial charge in [0.1, 0.15) is 0 Å². The Kier molecular flexibility index (Phi) is 7.15. The summed E-state index contributed by atoms with van der Waals surface area (Å²) >= 11 is 0. The average Bonchev–Trinajstić information content (AvgIpc) is 2.44. The Morgan fingerprint density at radius 2 is 1.95 bits per heavy atom. The number of hydrogen-bond donors (Lipinski definition) is 1. The number of aliphatic hydroxyl groups is 1. The van der Waals surface area contributed by atoms with E-state index in [2.05, 4.69) is 6.92 Å². The van der Waals surface area contributed by atoms with E-state index in [1.54, 1.807) is 0 Å². The van der Waals surface area contributed by atoms with Crippen LogP contribution in [0.5, 0.6) is 0 Å². The Morgan fingerprint density at radius 1 is 1.20 bits per heavy atom. The van der Waals surface area contributed by atoms with Gasteiger partial charge in [0.05, 0.1) is 12.2 Å². The molecule has 1 aromatic carbocycles. The van der Waals surface area contributed by atoms with Crippen LogP contribution < -0.4 is 0 Å². The summed E-state index contributed by atoms with van der Waals surface area (Å²) in [7, 11) is 0. The van der Waals surface area contributed by atoms with Gasteiger partial charge in [0.2, 0.25) is 0 Å². The second-order valence-electron chi connectivity index (χ2n) is 4.68. The predicted molar refractivity (Wildman–Crippen MR) is 73.5 cm³/mol. The predicted octanol–water partition coefficient (Wildman–Crippen LogP) is 2.98. The van der Waals surface area contributed by atoms with Gasteiger partial charge in [0.25, 0.3) is 5.91 Å². The highest BCUT2D eigenvalue weighted by molar-refractivity contribution is 5.94. The Hall–Kier alpha value is -1.49. The van der Waals surface area contributed by atoms with Crippen LogP contribution in [0.1, 0.15) is 43.0 Å². The summed E-state index contributed by atoms with van der Waals surface area (Å²) < 4.78 is 26.8. The fourth-order valence-corrected chi connectivity index (χ4v) is 2.00. The highest BCUT2D eigenvalue weighted by Crippen LogP contribution is 2.14. The largest absolute Gasteiger partial charge is 0.395 e. The molecule has 0 aliphatic carbocycles. The molecule has 1 rings (SSSR count). The van der Waals surface area contributed by atoms with Crippen molar-refractivity contribution in [2.75, 3.05) is 19.7 Å². The molecule has 0 atom stereocenters. The molecule has 20 heavy (non-hydrogen) atoms. The van der Waals surface area contributed by atoms with Gasteiger partial charge < -0.3 is 10.0 Å².